The van der Waals surface area contributed by atoms with Crippen LogP contribution in [0.1, 0.15) is 130 Å². The van der Waals surface area contributed by atoms with Gasteiger partial charge in [-0.25, -0.2) is 0 Å². The average Bonchev–Trinajstić information content (AvgIpc) is 3.44. The van der Waals surface area contributed by atoms with E-state index in [0.29, 0.717) is 31.2 Å². The molecule has 21 nitrogen and oxygen atoms in total. The van der Waals surface area contributed by atoms with Gasteiger partial charge in [0.15, 0.2) is 43.0 Å². The molecule has 21 heteroatoms. The van der Waals surface area contributed by atoms with Crippen molar-refractivity contribution in [1.82, 2.24) is 0 Å². The monoisotopic (exact) mass is 1070 g/mol. The molecule has 76 heavy (non-hydrogen) atoms. The zero-order chi connectivity index (χ0) is 54.0. The molecule has 0 amide bonds. The Kier molecular flexibility index (Phi) is 16.8. The van der Waals surface area contributed by atoms with E-state index in [1.807, 2.05) is 6.92 Å². The molecule has 6 aliphatic heterocycles. The third-order valence-electron chi connectivity index (χ3n) is 16.2. The molecule has 2 aliphatic carbocycles. The first-order valence-corrected chi connectivity index (χ1v) is 27.0. The lowest BCUT2D eigenvalue weighted by Gasteiger charge is -2.45. The fourth-order valence-electron chi connectivity index (χ4n) is 12.1. The van der Waals surface area contributed by atoms with Crippen molar-refractivity contribution in [2.45, 2.75) is 248 Å². The standard InChI is InChI=1S/C55H74O21/c1-22-15-29-17-33(58)48-49(46(29)32(57)16-22)52(63)30-9-8-10-37(47(30)53(48)64)72-43-19-35(60)55(28(7)70-43)76-45-21-39(51(62)26(5)68-45)74-41-14-12-36(24(3)66-41)71-42-18-34(59)54(27(6)69-42)75-44-20-38(50(61)25(4)67-44)73-40-13-11-31(56)23(2)65-40/h8-10,15-16,23-28,31,33-36,38-45,50-51,54-62H,11-14,17-21H2,1-7H3. The smallest absolute Gasteiger partial charge is 0.202 e. The van der Waals surface area contributed by atoms with E-state index in [2.05, 4.69) is 0 Å². The summed E-state index contributed by atoms with van der Waals surface area (Å²) in [4.78, 5) is 28.3. The maximum absolute atomic E-state index is 14.2. The molecule has 6 heterocycles. The van der Waals surface area contributed by atoms with Gasteiger partial charge in [0, 0.05) is 67.2 Å². The summed E-state index contributed by atoms with van der Waals surface area (Å²) >= 11 is 0. The van der Waals surface area contributed by atoms with Crippen molar-refractivity contribution in [2.75, 3.05) is 0 Å². The van der Waals surface area contributed by atoms with Crippen LogP contribution in [-0.2, 0) is 58.5 Å². The van der Waals surface area contributed by atoms with Crippen LogP contribution in [0.15, 0.2) is 35.9 Å². The number of hydrogen-bond donors (Lipinski definition) is 7. The van der Waals surface area contributed by atoms with Crippen LogP contribution in [-0.4, -0.2) is 189 Å². The normalized spacial score (nSPS) is 43.0. The number of aliphatic hydroxyl groups excluding tert-OH is 6. The van der Waals surface area contributed by atoms with Crippen molar-refractivity contribution >= 4 is 17.1 Å². The Morgan fingerprint density at radius 3 is 1.63 bits per heavy atom. The number of phenolic OH excluding ortho intramolecular Hbond substituents is 1. The van der Waals surface area contributed by atoms with Crippen molar-refractivity contribution in [1.29, 1.82) is 0 Å². The van der Waals surface area contributed by atoms with E-state index in [0.717, 1.165) is 5.56 Å². The van der Waals surface area contributed by atoms with E-state index in [9.17, 15) is 45.3 Å². The maximum atomic E-state index is 14.2. The second-order valence-electron chi connectivity index (χ2n) is 21.9. The van der Waals surface area contributed by atoms with Crippen LogP contribution in [0.3, 0.4) is 0 Å². The minimum Gasteiger partial charge on any atom is -0.507 e. The number of rotatable bonds is 12. The van der Waals surface area contributed by atoms with Crippen molar-refractivity contribution < 1.29 is 102 Å². The number of phenols is 1. The molecule has 0 saturated carbocycles. The maximum Gasteiger partial charge on any atom is 0.202 e. The van der Waals surface area contributed by atoms with Crippen LogP contribution in [0.5, 0.6) is 11.5 Å². The topological polar surface area (TPSA) is 287 Å². The highest BCUT2D eigenvalue weighted by Gasteiger charge is 2.48. The van der Waals surface area contributed by atoms with Gasteiger partial charge in [-0.05, 0) is 84.6 Å². The molecule has 0 spiro atoms. The highest BCUT2D eigenvalue weighted by atomic mass is 16.8. The summed E-state index contributed by atoms with van der Waals surface area (Å²) in [6.07, 6.45) is -15.5. The number of Topliss-reactive ketones (excluding diaryl/α,β-unsaturated/α-hetero) is 2. The molecule has 420 valence electrons. The van der Waals surface area contributed by atoms with Crippen LogP contribution in [0.4, 0.5) is 0 Å². The number of carbonyl (C=O) groups is 2. The first kappa shape index (κ1) is 55.7. The first-order valence-electron chi connectivity index (χ1n) is 27.0. The third kappa shape index (κ3) is 11.4. The van der Waals surface area contributed by atoms with Gasteiger partial charge in [-0.2, -0.15) is 0 Å². The van der Waals surface area contributed by atoms with Crippen LogP contribution in [0.2, 0.25) is 0 Å². The molecular weight excluding hydrogens is 997 g/mol. The zero-order valence-corrected chi connectivity index (χ0v) is 43.9. The van der Waals surface area contributed by atoms with Gasteiger partial charge in [0.2, 0.25) is 6.29 Å². The summed E-state index contributed by atoms with van der Waals surface area (Å²) in [6, 6.07) is 7.89. The number of aryl methyl sites for hydroxylation is 1. The minimum atomic E-state index is -1.29. The molecular formula is C55H74O21. The van der Waals surface area contributed by atoms with Gasteiger partial charge >= 0.3 is 0 Å². The number of ketones is 2. The number of fused-ring (bicyclic) bond motifs is 3. The molecule has 7 N–H and O–H groups in total. The third-order valence-corrected chi connectivity index (χ3v) is 16.2. The number of carbonyl (C=O) groups excluding carboxylic acids is 2. The molecule has 2 aromatic rings. The van der Waals surface area contributed by atoms with E-state index in [1.54, 1.807) is 53.7 Å². The lowest BCUT2D eigenvalue weighted by Crippen LogP contribution is -2.56. The van der Waals surface area contributed by atoms with Crippen LogP contribution < -0.4 is 4.74 Å². The number of allylic oxidation sites excluding steroid dienone is 1. The molecule has 0 aromatic heterocycles. The average molecular weight is 1070 g/mol. The van der Waals surface area contributed by atoms with Crippen LogP contribution in [0, 0.1) is 6.92 Å². The molecule has 8 aliphatic rings. The summed E-state index contributed by atoms with van der Waals surface area (Å²) in [5, 5.41) is 77.1. The van der Waals surface area contributed by atoms with Gasteiger partial charge in [-0.1, -0.05) is 18.2 Å². The minimum absolute atomic E-state index is 0.0294. The van der Waals surface area contributed by atoms with Gasteiger partial charge in [-0.15, -0.1) is 0 Å². The van der Waals surface area contributed by atoms with Gasteiger partial charge in [0.25, 0.3) is 0 Å². The largest absolute Gasteiger partial charge is 0.507 e. The SMILES string of the molecule is Cc1cc(O)c2c(c1)CC(O)C1=C2C(=O)c2cccc(OC3CC(O)C(OC4CC(OC5CCC(OC6CC(O)C(OC7CC(OC8CCC(O)C(C)O8)C(O)C(C)O7)C(C)O6)C(C)O5)C(O)C(C)O4)C(C)O3)c2C1=O. The van der Waals surface area contributed by atoms with E-state index >= 15 is 0 Å². The summed E-state index contributed by atoms with van der Waals surface area (Å²) in [5.41, 5.74) is 1.43. The van der Waals surface area contributed by atoms with E-state index in [-0.39, 0.29) is 71.4 Å². The number of ether oxygens (including phenoxy) is 12. The quantitative estimate of drug-likeness (QED) is 0.161. The Morgan fingerprint density at radius 1 is 0.513 bits per heavy atom. The Hall–Kier alpha value is -3.56. The predicted octanol–water partition coefficient (Wildman–Crippen LogP) is 3.15. The fourth-order valence-corrected chi connectivity index (χ4v) is 12.1. The Balaban J connectivity index is 0.693. The molecule has 6 fully saturated rings. The van der Waals surface area contributed by atoms with Crippen molar-refractivity contribution in [2.24, 2.45) is 0 Å². The zero-order valence-electron chi connectivity index (χ0n) is 43.9. The molecule has 6 saturated heterocycles. The first-order chi connectivity index (χ1) is 36.2. The molecule has 23 unspecified atom stereocenters. The van der Waals surface area contributed by atoms with Gasteiger partial charge in [-0.3, -0.25) is 9.59 Å². The van der Waals surface area contributed by atoms with E-state index in [4.69, 9.17) is 56.8 Å². The summed E-state index contributed by atoms with van der Waals surface area (Å²) in [6.45, 7) is 12.3. The summed E-state index contributed by atoms with van der Waals surface area (Å²) in [7, 11) is 0. The Labute approximate surface area is 441 Å². The number of aliphatic hydroxyl groups is 6. The van der Waals surface area contributed by atoms with Gasteiger partial charge in [0.05, 0.1) is 84.9 Å². The molecule has 0 bridgehead atoms. The lowest BCUT2D eigenvalue weighted by molar-refractivity contribution is -0.340. The summed E-state index contributed by atoms with van der Waals surface area (Å²) in [5.74, 6) is -1.24. The highest BCUT2D eigenvalue weighted by molar-refractivity contribution is 6.42. The van der Waals surface area contributed by atoms with Crippen molar-refractivity contribution in [3.63, 3.8) is 0 Å². The summed E-state index contributed by atoms with van der Waals surface area (Å²) < 4.78 is 74.2. The van der Waals surface area contributed by atoms with Gasteiger partial charge in [0.1, 0.15) is 35.9 Å². The number of aromatic hydroxyl groups is 1. The molecule has 10 rings (SSSR count). The number of hydrogen-bond acceptors (Lipinski definition) is 21. The molecule has 0 radical (unpaired) electrons. The lowest BCUT2D eigenvalue weighted by atomic mass is 9.73. The van der Waals surface area contributed by atoms with Crippen LogP contribution >= 0.6 is 0 Å². The molecule has 23 atom stereocenters. The van der Waals surface area contributed by atoms with E-state index in [1.165, 1.54) is 18.2 Å². The highest BCUT2D eigenvalue weighted by Crippen LogP contribution is 2.46. The van der Waals surface area contributed by atoms with Crippen LogP contribution in [0.25, 0.3) is 5.57 Å². The van der Waals surface area contributed by atoms with Gasteiger partial charge < -0.3 is 92.6 Å². The number of benzene rings is 2. The molecule has 2 aromatic carbocycles. The second kappa shape index (κ2) is 22.9. The fraction of sp³-hybridized carbons (Fsp3) is 0.709. The predicted molar refractivity (Wildman–Crippen MR) is 263 cm³/mol. The Morgan fingerprint density at radius 2 is 1.04 bits per heavy atom. The van der Waals surface area contributed by atoms with Crippen molar-refractivity contribution in [3.8, 4) is 11.5 Å². The Bertz CT molecular complexity index is 2430. The second-order valence-corrected chi connectivity index (χ2v) is 21.9. The van der Waals surface area contributed by atoms with Crippen molar-refractivity contribution in [3.05, 3.63) is 63.7 Å². The van der Waals surface area contributed by atoms with E-state index < -0.39 is 153 Å².